The zero-order chi connectivity index (χ0) is 18.6. The van der Waals surface area contributed by atoms with Gasteiger partial charge >= 0.3 is 5.82 Å². The summed E-state index contributed by atoms with van der Waals surface area (Å²) < 4.78 is 7.41. The topological polar surface area (TPSA) is 83.1 Å². The van der Waals surface area contributed by atoms with E-state index in [9.17, 15) is 10.1 Å². The van der Waals surface area contributed by atoms with Crippen molar-refractivity contribution in [3.63, 3.8) is 0 Å². The quantitative estimate of drug-likeness (QED) is 0.383. The average molecular weight is 358 g/mol. The third kappa shape index (κ3) is 3.67. The fourth-order valence-electron chi connectivity index (χ4n) is 2.56. The van der Waals surface area contributed by atoms with Gasteiger partial charge in [-0.3, -0.25) is 0 Å². The molecule has 0 aliphatic heterocycles. The van der Waals surface area contributed by atoms with Gasteiger partial charge in [-0.2, -0.15) is 5.10 Å². The Labute approximate surface area is 154 Å². The van der Waals surface area contributed by atoms with Crippen LogP contribution in [0.5, 0.6) is 11.5 Å². The molecule has 27 heavy (non-hydrogen) atoms. The molecule has 0 saturated carbocycles. The third-order valence-electron chi connectivity index (χ3n) is 3.90. The van der Waals surface area contributed by atoms with E-state index in [1.54, 1.807) is 16.9 Å². The van der Waals surface area contributed by atoms with Crippen LogP contribution >= 0.6 is 0 Å². The van der Waals surface area contributed by atoms with Gasteiger partial charge < -0.3 is 14.9 Å². The monoisotopic (exact) mass is 358 g/mol. The number of rotatable bonds is 5. The van der Waals surface area contributed by atoms with Crippen LogP contribution in [0.4, 0.5) is 5.82 Å². The summed E-state index contributed by atoms with van der Waals surface area (Å²) in [5.41, 5.74) is 2.36. The van der Waals surface area contributed by atoms with Crippen LogP contribution in [0.2, 0.25) is 0 Å². The molecule has 0 N–H and O–H groups in total. The lowest BCUT2D eigenvalue weighted by molar-refractivity contribution is -0.389. The molecule has 0 atom stereocenters. The summed E-state index contributed by atoms with van der Waals surface area (Å²) in [5, 5.41) is 15.2. The highest BCUT2D eigenvalue weighted by Gasteiger charge is 2.09. The fraction of sp³-hybridized carbons (Fsp3) is 0. The van der Waals surface area contributed by atoms with Crippen LogP contribution < -0.4 is 4.74 Å². The normalized spacial score (nSPS) is 10.5. The van der Waals surface area contributed by atoms with Crippen molar-refractivity contribution < 1.29 is 9.66 Å². The van der Waals surface area contributed by atoms with Gasteiger partial charge in [0.05, 0.1) is 5.69 Å². The smallest absolute Gasteiger partial charge is 0.363 e. The minimum absolute atomic E-state index is 0.194. The molecule has 0 aliphatic carbocycles. The standard InChI is InChI=1S/C20H14N4O3/c25-24(26)20-11-8-16(14-21-20)23-13-12-19(22-23)15-6-9-18(10-7-15)27-17-4-2-1-3-5-17/h1-14H. The Balaban J connectivity index is 1.52. The second-order valence-corrected chi connectivity index (χ2v) is 5.72. The largest absolute Gasteiger partial charge is 0.457 e. The van der Waals surface area contributed by atoms with Crippen LogP contribution in [0.15, 0.2) is 85.2 Å². The van der Waals surface area contributed by atoms with Crippen molar-refractivity contribution >= 4 is 5.82 Å². The summed E-state index contributed by atoms with van der Waals surface area (Å²) in [5.74, 6) is 1.32. The van der Waals surface area contributed by atoms with Crippen molar-refractivity contribution in [2.24, 2.45) is 0 Å². The number of benzene rings is 2. The molecular formula is C20H14N4O3. The zero-order valence-corrected chi connectivity index (χ0v) is 14.1. The van der Waals surface area contributed by atoms with Crippen LogP contribution in [-0.4, -0.2) is 19.7 Å². The van der Waals surface area contributed by atoms with Gasteiger partial charge in [0, 0.05) is 17.8 Å². The Hall–Kier alpha value is -4.00. The van der Waals surface area contributed by atoms with E-state index >= 15 is 0 Å². The maximum Gasteiger partial charge on any atom is 0.363 e. The third-order valence-corrected chi connectivity index (χ3v) is 3.90. The highest BCUT2D eigenvalue weighted by molar-refractivity contribution is 5.60. The van der Waals surface area contributed by atoms with E-state index < -0.39 is 4.92 Å². The summed E-state index contributed by atoms with van der Waals surface area (Å²) in [6, 6.07) is 22.0. The van der Waals surface area contributed by atoms with Gasteiger partial charge in [0.25, 0.3) is 0 Å². The maximum atomic E-state index is 10.7. The van der Waals surface area contributed by atoms with Crippen molar-refractivity contribution in [1.29, 1.82) is 0 Å². The van der Waals surface area contributed by atoms with Crippen LogP contribution in [0.25, 0.3) is 16.9 Å². The first-order valence-corrected chi connectivity index (χ1v) is 8.19. The Morgan fingerprint density at radius 2 is 1.63 bits per heavy atom. The number of nitrogens with zero attached hydrogens (tertiary/aromatic N) is 4. The molecular weight excluding hydrogens is 344 g/mol. The molecule has 0 unspecified atom stereocenters. The number of para-hydroxylation sites is 1. The second kappa shape index (κ2) is 7.09. The molecule has 2 heterocycles. The summed E-state index contributed by atoms with van der Waals surface area (Å²) in [6.07, 6.45) is 3.21. The molecule has 7 nitrogen and oxygen atoms in total. The minimum atomic E-state index is -0.530. The SMILES string of the molecule is O=[N+]([O-])c1ccc(-n2ccc(-c3ccc(Oc4ccccc4)cc3)n2)cn1. The zero-order valence-electron chi connectivity index (χ0n) is 14.1. The number of hydrogen-bond donors (Lipinski definition) is 0. The number of aromatic nitrogens is 3. The summed E-state index contributed by atoms with van der Waals surface area (Å²) in [4.78, 5) is 14.0. The van der Waals surface area contributed by atoms with Crippen LogP contribution in [0, 0.1) is 10.1 Å². The Kier molecular flexibility index (Phi) is 4.32. The van der Waals surface area contributed by atoms with Gasteiger partial charge in [0.15, 0.2) is 6.20 Å². The molecule has 4 rings (SSSR count). The lowest BCUT2D eigenvalue weighted by Crippen LogP contribution is -1.98. The van der Waals surface area contributed by atoms with Crippen molar-refractivity contribution in [3.05, 3.63) is 95.3 Å². The van der Waals surface area contributed by atoms with Gasteiger partial charge in [-0.25, -0.2) is 4.68 Å². The maximum absolute atomic E-state index is 10.7. The van der Waals surface area contributed by atoms with E-state index in [0.29, 0.717) is 5.69 Å². The molecule has 132 valence electrons. The number of pyridine rings is 1. The predicted molar refractivity (Wildman–Crippen MR) is 100.0 cm³/mol. The molecule has 2 aromatic carbocycles. The lowest BCUT2D eigenvalue weighted by atomic mass is 10.1. The van der Waals surface area contributed by atoms with Crippen LogP contribution in [0.3, 0.4) is 0 Å². The minimum Gasteiger partial charge on any atom is -0.457 e. The van der Waals surface area contributed by atoms with Crippen LogP contribution in [-0.2, 0) is 0 Å². The molecule has 0 aliphatic rings. The number of ether oxygens (including phenoxy) is 1. The van der Waals surface area contributed by atoms with Gasteiger partial charge in [-0.1, -0.05) is 18.2 Å². The molecule has 0 bridgehead atoms. The molecule has 7 heteroatoms. The summed E-state index contributed by atoms with van der Waals surface area (Å²) in [6.45, 7) is 0. The molecule has 2 aromatic heterocycles. The highest BCUT2D eigenvalue weighted by atomic mass is 16.6. The van der Waals surface area contributed by atoms with Gasteiger partial charge in [0.1, 0.15) is 17.2 Å². The second-order valence-electron chi connectivity index (χ2n) is 5.72. The highest BCUT2D eigenvalue weighted by Crippen LogP contribution is 2.25. The summed E-state index contributed by atoms with van der Waals surface area (Å²) >= 11 is 0. The van der Waals surface area contributed by atoms with Crippen molar-refractivity contribution in [2.45, 2.75) is 0 Å². The first-order valence-electron chi connectivity index (χ1n) is 8.19. The first-order chi connectivity index (χ1) is 13.2. The predicted octanol–water partition coefficient (Wildman–Crippen LogP) is 4.63. The van der Waals surface area contributed by atoms with Gasteiger partial charge in [0.2, 0.25) is 0 Å². The van der Waals surface area contributed by atoms with E-state index in [1.807, 2.05) is 60.7 Å². The lowest BCUT2D eigenvalue weighted by Gasteiger charge is -2.05. The molecule has 0 spiro atoms. The van der Waals surface area contributed by atoms with Gasteiger partial charge in [-0.15, -0.1) is 0 Å². The molecule has 0 radical (unpaired) electrons. The fourth-order valence-corrected chi connectivity index (χ4v) is 2.56. The van der Waals surface area contributed by atoms with E-state index in [4.69, 9.17) is 4.74 Å². The molecule has 0 saturated heterocycles. The Morgan fingerprint density at radius 3 is 2.30 bits per heavy atom. The summed E-state index contributed by atoms with van der Waals surface area (Å²) in [7, 11) is 0. The van der Waals surface area contributed by atoms with E-state index in [-0.39, 0.29) is 5.82 Å². The molecule has 4 aromatic rings. The number of hydrogen-bond acceptors (Lipinski definition) is 5. The number of nitro groups is 1. The van der Waals surface area contributed by atoms with Crippen molar-refractivity contribution in [3.8, 4) is 28.4 Å². The van der Waals surface area contributed by atoms with Crippen molar-refractivity contribution in [2.75, 3.05) is 0 Å². The van der Waals surface area contributed by atoms with Crippen molar-refractivity contribution in [1.82, 2.24) is 14.8 Å². The molecule has 0 amide bonds. The Morgan fingerprint density at radius 1 is 0.889 bits per heavy atom. The van der Waals surface area contributed by atoms with E-state index in [1.165, 1.54) is 12.3 Å². The Bertz CT molecular complexity index is 1060. The first kappa shape index (κ1) is 16.5. The van der Waals surface area contributed by atoms with E-state index in [0.717, 1.165) is 22.8 Å². The van der Waals surface area contributed by atoms with Gasteiger partial charge in [-0.05, 0) is 58.4 Å². The molecule has 0 fully saturated rings. The van der Waals surface area contributed by atoms with Crippen LogP contribution in [0.1, 0.15) is 0 Å². The average Bonchev–Trinajstić information content (AvgIpc) is 3.20. The van der Waals surface area contributed by atoms with E-state index in [2.05, 4.69) is 10.1 Å².